The lowest BCUT2D eigenvalue weighted by Crippen LogP contribution is -2.72. The number of ketones is 2. The van der Waals surface area contributed by atoms with Gasteiger partial charge in [-0.2, -0.15) is 0 Å². The number of allylic oxidation sites excluding steroid dienone is 4. The lowest BCUT2D eigenvalue weighted by Gasteiger charge is -2.70. The number of hydrogen-bond donors (Lipinski definition) is 1. The zero-order valence-corrected chi connectivity index (χ0v) is 28.0. The van der Waals surface area contributed by atoms with Gasteiger partial charge < -0.3 is 24.1 Å². The zero-order valence-electron chi connectivity index (χ0n) is 28.0. The molecule has 9 aliphatic rings. The highest BCUT2D eigenvalue weighted by Crippen LogP contribution is 2.76. The van der Waals surface area contributed by atoms with Crippen LogP contribution in [0.25, 0.3) is 0 Å². The van der Waals surface area contributed by atoms with E-state index in [1.54, 1.807) is 19.1 Å². The maximum atomic E-state index is 15.0. The highest BCUT2D eigenvalue weighted by atomic mass is 16.6. The van der Waals surface area contributed by atoms with E-state index < -0.39 is 28.3 Å². The molecule has 6 aliphatic carbocycles. The second-order valence-electron chi connectivity index (χ2n) is 16.4. The van der Waals surface area contributed by atoms with Gasteiger partial charge in [-0.15, -0.1) is 0 Å². The average Bonchev–Trinajstić information content (AvgIpc) is 3.12. The van der Waals surface area contributed by atoms with Crippen molar-refractivity contribution in [2.45, 2.75) is 116 Å². The standard InChI is InChI=1S/C38H44O8/c1-18(2)9-10-21-30-26(25-22-12-13-36(8,44-30)32(25)34(22,4)5)29(41)27-28(40)23-15-20-16-24-35(6,7)46-37(33(20)42,14-11-19(3)43-17-39)38(23,24)45-31(21)27/h9,11,15,17,20,22,24-25,32,41H,10,12-14,16H2,1-8H3/t20-,22?,24?,25?,32?,36+,37?,38-/m1/s1. The molecule has 8 heteroatoms. The van der Waals surface area contributed by atoms with Crippen molar-refractivity contribution in [1.29, 1.82) is 0 Å². The van der Waals surface area contributed by atoms with Gasteiger partial charge in [0.2, 0.25) is 0 Å². The summed E-state index contributed by atoms with van der Waals surface area (Å²) in [5, 5.41) is 12.2. The number of benzene rings is 1. The third-order valence-corrected chi connectivity index (χ3v) is 13.1. The molecule has 0 aromatic heterocycles. The second kappa shape index (κ2) is 8.94. The minimum Gasteiger partial charge on any atom is -0.507 e. The number of phenols is 1. The van der Waals surface area contributed by atoms with Gasteiger partial charge in [0.25, 0.3) is 6.47 Å². The Kier molecular flexibility index (Phi) is 5.83. The van der Waals surface area contributed by atoms with Crippen LogP contribution in [0.1, 0.15) is 108 Å². The van der Waals surface area contributed by atoms with Gasteiger partial charge in [-0.25, -0.2) is 0 Å². The first-order valence-electron chi connectivity index (χ1n) is 16.8. The Bertz CT molecular complexity index is 1740. The Labute approximate surface area is 270 Å². The molecular weight excluding hydrogens is 584 g/mol. The van der Waals surface area contributed by atoms with Gasteiger partial charge in [-0.05, 0) is 84.6 Å². The van der Waals surface area contributed by atoms with Crippen LogP contribution in [0.3, 0.4) is 0 Å². The third kappa shape index (κ3) is 3.27. The number of fused-ring (bicyclic) bond motifs is 3. The number of hydrogen-bond acceptors (Lipinski definition) is 8. The van der Waals surface area contributed by atoms with Gasteiger partial charge in [-0.1, -0.05) is 31.6 Å². The van der Waals surface area contributed by atoms with Crippen LogP contribution < -0.4 is 9.47 Å². The van der Waals surface area contributed by atoms with Crippen molar-refractivity contribution in [2.24, 2.45) is 29.1 Å². The van der Waals surface area contributed by atoms with Crippen LogP contribution in [0.5, 0.6) is 17.2 Å². The minimum atomic E-state index is -1.52. The number of carbonyl (C=O) groups is 3. The fourth-order valence-electron chi connectivity index (χ4n) is 11.3. The zero-order chi connectivity index (χ0) is 32.9. The van der Waals surface area contributed by atoms with E-state index in [1.807, 2.05) is 27.7 Å². The predicted molar refractivity (Wildman–Crippen MR) is 169 cm³/mol. The molecule has 0 radical (unpaired) electrons. The Morgan fingerprint density at radius 2 is 1.80 bits per heavy atom. The monoisotopic (exact) mass is 628 g/mol. The van der Waals surface area contributed by atoms with E-state index in [0.29, 0.717) is 48.1 Å². The first-order valence-corrected chi connectivity index (χ1v) is 16.8. The van der Waals surface area contributed by atoms with Gasteiger partial charge >= 0.3 is 0 Å². The van der Waals surface area contributed by atoms with E-state index in [-0.39, 0.29) is 52.5 Å². The van der Waals surface area contributed by atoms with Crippen LogP contribution in [0.4, 0.5) is 0 Å². The van der Waals surface area contributed by atoms with E-state index in [4.69, 9.17) is 18.9 Å². The fraction of sp³-hybridized carbons (Fsp3) is 0.605. The molecule has 8 nitrogen and oxygen atoms in total. The van der Waals surface area contributed by atoms with Gasteiger partial charge in [-0.3, -0.25) is 14.4 Å². The van der Waals surface area contributed by atoms with Crippen LogP contribution in [-0.4, -0.2) is 45.5 Å². The van der Waals surface area contributed by atoms with Crippen molar-refractivity contribution in [3.05, 3.63) is 51.8 Å². The minimum absolute atomic E-state index is 0.0457. The highest BCUT2D eigenvalue weighted by Gasteiger charge is 2.81. The lowest BCUT2D eigenvalue weighted by atomic mass is 9.37. The van der Waals surface area contributed by atoms with E-state index in [2.05, 4.69) is 26.8 Å². The van der Waals surface area contributed by atoms with E-state index >= 15 is 0 Å². The van der Waals surface area contributed by atoms with E-state index in [9.17, 15) is 19.5 Å². The molecule has 3 aliphatic heterocycles. The van der Waals surface area contributed by atoms with Gasteiger partial charge in [0.1, 0.15) is 34.2 Å². The Balaban J connectivity index is 1.39. The van der Waals surface area contributed by atoms with Crippen molar-refractivity contribution in [3.63, 3.8) is 0 Å². The Hall–Kier alpha value is -3.39. The summed E-state index contributed by atoms with van der Waals surface area (Å²) >= 11 is 0. The van der Waals surface area contributed by atoms with Crippen molar-refractivity contribution in [1.82, 2.24) is 0 Å². The summed E-state index contributed by atoms with van der Waals surface area (Å²) in [7, 11) is 0. The molecule has 5 unspecified atom stereocenters. The van der Waals surface area contributed by atoms with Crippen LogP contribution in [0.2, 0.25) is 0 Å². The molecule has 46 heavy (non-hydrogen) atoms. The number of ether oxygens (including phenoxy) is 4. The molecule has 1 saturated heterocycles. The summed E-state index contributed by atoms with van der Waals surface area (Å²) in [4.78, 5) is 40.5. The van der Waals surface area contributed by atoms with Crippen molar-refractivity contribution in [2.75, 3.05) is 0 Å². The maximum absolute atomic E-state index is 15.0. The largest absolute Gasteiger partial charge is 0.507 e. The first-order chi connectivity index (χ1) is 21.6. The van der Waals surface area contributed by atoms with Gasteiger partial charge in [0, 0.05) is 46.8 Å². The number of rotatable bonds is 6. The number of aromatic hydroxyl groups is 1. The van der Waals surface area contributed by atoms with Crippen LogP contribution >= 0.6 is 0 Å². The second-order valence-corrected chi connectivity index (χ2v) is 16.4. The maximum Gasteiger partial charge on any atom is 0.298 e. The molecule has 244 valence electrons. The van der Waals surface area contributed by atoms with E-state index in [0.717, 1.165) is 29.5 Å². The van der Waals surface area contributed by atoms with Gasteiger partial charge in [0.05, 0.1) is 5.60 Å². The molecule has 10 rings (SSSR count). The summed E-state index contributed by atoms with van der Waals surface area (Å²) < 4.78 is 26.2. The molecular formula is C38H44O8. The smallest absolute Gasteiger partial charge is 0.298 e. The molecule has 4 saturated carbocycles. The number of carbonyl (C=O) groups excluding carboxylic acids is 3. The van der Waals surface area contributed by atoms with Crippen LogP contribution in [0.15, 0.2) is 35.1 Å². The lowest BCUT2D eigenvalue weighted by molar-refractivity contribution is -0.214. The first kappa shape index (κ1) is 30.0. The summed E-state index contributed by atoms with van der Waals surface area (Å²) in [5.41, 5.74) is -0.973. The third-order valence-electron chi connectivity index (χ3n) is 13.1. The topological polar surface area (TPSA) is 108 Å². The molecule has 5 fully saturated rings. The van der Waals surface area contributed by atoms with Crippen LogP contribution in [-0.2, 0) is 25.5 Å². The van der Waals surface area contributed by atoms with Gasteiger partial charge in [0.15, 0.2) is 22.8 Å². The van der Waals surface area contributed by atoms with Crippen molar-refractivity contribution >= 4 is 18.0 Å². The average molecular weight is 629 g/mol. The molecule has 1 aromatic carbocycles. The normalized spacial score (nSPS) is 39.5. The quantitative estimate of drug-likeness (QED) is 0.211. The summed E-state index contributed by atoms with van der Waals surface area (Å²) in [6, 6.07) is 0. The Morgan fingerprint density at radius 1 is 1.07 bits per heavy atom. The molecule has 0 amide bonds. The predicted octanol–water partition coefficient (Wildman–Crippen LogP) is 6.68. The van der Waals surface area contributed by atoms with Crippen molar-refractivity contribution < 1.29 is 38.4 Å². The molecule has 3 heterocycles. The highest BCUT2D eigenvalue weighted by molar-refractivity contribution is 6.18. The molecule has 1 spiro atoms. The van der Waals surface area contributed by atoms with Crippen molar-refractivity contribution in [3.8, 4) is 17.2 Å². The molecule has 8 atom stereocenters. The number of phenolic OH excluding ortho intramolecular Hbond substituents is 1. The summed E-state index contributed by atoms with van der Waals surface area (Å²) in [6.45, 7) is 16.8. The summed E-state index contributed by atoms with van der Waals surface area (Å²) in [6.07, 6.45) is 8.48. The fourth-order valence-corrected chi connectivity index (χ4v) is 11.3. The van der Waals surface area contributed by atoms with E-state index in [1.165, 1.54) is 0 Å². The molecule has 1 N–H and O–H groups in total. The Morgan fingerprint density at radius 3 is 2.48 bits per heavy atom. The number of Topliss-reactive ketones (excluding diaryl/α,β-unsaturated/α-hetero) is 2. The molecule has 1 aromatic rings. The summed E-state index contributed by atoms with van der Waals surface area (Å²) in [5.74, 6) is 0.590. The van der Waals surface area contributed by atoms with Crippen LogP contribution in [0, 0.1) is 29.1 Å². The molecule has 8 bridgehead atoms. The SMILES string of the molecule is CC(C)=CCc1c2c(c(O)c3c1O[C@@]1(C)CCC4C3C1C4(C)C)C(=O)C1=C[C@@H]3CC4C(C)(C)OC(CC=C(C)OC=O)(C3=O)[C@@]14O2.